The summed E-state index contributed by atoms with van der Waals surface area (Å²) >= 11 is 0. The van der Waals surface area contributed by atoms with Crippen LogP contribution in [0.1, 0.15) is 72.1 Å². The second-order valence-corrected chi connectivity index (χ2v) is 12.2. The van der Waals surface area contributed by atoms with E-state index in [1.165, 1.54) is 56.4 Å². The van der Waals surface area contributed by atoms with E-state index in [1.54, 1.807) is 11.8 Å². The average Bonchev–Trinajstić information content (AvgIpc) is 3.29. The molecule has 0 aromatic carbocycles. The number of hydrogen-bond donors (Lipinski definition) is 2. The second-order valence-electron chi connectivity index (χ2n) is 12.2. The lowest BCUT2D eigenvalue weighted by molar-refractivity contribution is -0.0407. The molecule has 0 radical (unpaired) electrons. The zero-order chi connectivity index (χ0) is 25.5. The van der Waals surface area contributed by atoms with Gasteiger partial charge in [-0.25, -0.2) is 9.97 Å². The van der Waals surface area contributed by atoms with Crippen LogP contribution in [0.2, 0.25) is 0 Å². The van der Waals surface area contributed by atoms with Gasteiger partial charge in [0, 0.05) is 24.0 Å². The third-order valence-corrected chi connectivity index (χ3v) is 10.5. The first-order chi connectivity index (χ1) is 18.0. The Morgan fingerprint density at radius 1 is 0.865 bits per heavy atom. The van der Waals surface area contributed by atoms with E-state index in [-0.39, 0.29) is 0 Å². The van der Waals surface area contributed by atoms with E-state index in [0.717, 1.165) is 35.8 Å². The number of fused-ring (bicyclic) bond motifs is 5. The van der Waals surface area contributed by atoms with Gasteiger partial charge in [0.25, 0.3) is 0 Å². The number of nitrogens with one attached hydrogen (secondary N) is 2. The maximum atomic E-state index is 4.82. The standard InChI is InChI=1S/C31H40N6/c1-21(34-36-28-8-4-6-18-32-28)25-12-13-26-24-11-10-22-20-23(35-37-29-9-5-7-19-33-29)14-16-30(22,2)27(24)15-17-31(25,26)3/h4-9,18-20,24-27H,10-17H2,1-3H3,(H,32,36)(H,33,37)/b34-21+,35-23+/t24-,25+,26-,27-,30-,31+/m0/s1. The van der Waals surface area contributed by atoms with Gasteiger partial charge in [-0.05, 0) is 117 Å². The number of allylic oxidation sites excluding steroid dienone is 2. The van der Waals surface area contributed by atoms with Gasteiger partial charge >= 0.3 is 0 Å². The molecule has 6 nitrogen and oxygen atoms in total. The van der Waals surface area contributed by atoms with Gasteiger partial charge in [0.05, 0.1) is 5.71 Å². The van der Waals surface area contributed by atoms with Crippen LogP contribution in [0.4, 0.5) is 11.6 Å². The zero-order valence-corrected chi connectivity index (χ0v) is 22.5. The predicted octanol–water partition coefficient (Wildman–Crippen LogP) is 7.31. The highest BCUT2D eigenvalue weighted by Crippen LogP contribution is 2.66. The van der Waals surface area contributed by atoms with E-state index in [1.807, 2.05) is 42.6 Å². The van der Waals surface area contributed by atoms with Crippen molar-refractivity contribution >= 4 is 23.1 Å². The molecule has 37 heavy (non-hydrogen) atoms. The highest BCUT2D eigenvalue weighted by molar-refractivity contribution is 5.97. The van der Waals surface area contributed by atoms with E-state index >= 15 is 0 Å². The molecule has 6 heteroatoms. The number of anilines is 2. The van der Waals surface area contributed by atoms with E-state index in [9.17, 15) is 0 Å². The summed E-state index contributed by atoms with van der Waals surface area (Å²) in [6.45, 7) is 7.37. The van der Waals surface area contributed by atoms with Crippen LogP contribution in [-0.4, -0.2) is 21.4 Å². The van der Waals surface area contributed by atoms with Gasteiger partial charge in [0.1, 0.15) is 11.6 Å². The summed E-state index contributed by atoms with van der Waals surface area (Å²) in [6, 6.07) is 11.8. The summed E-state index contributed by atoms with van der Waals surface area (Å²) in [7, 11) is 0. The summed E-state index contributed by atoms with van der Waals surface area (Å²) in [6.07, 6.45) is 16.1. The molecule has 2 heterocycles. The van der Waals surface area contributed by atoms with Crippen LogP contribution in [-0.2, 0) is 0 Å². The Morgan fingerprint density at radius 2 is 1.62 bits per heavy atom. The Kier molecular flexibility index (Phi) is 6.37. The normalized spacial score (nSPS) is 36.2. The molecule has 3 fully saturated rings. The highest BCUT2D eigenvalue weighted by Gasteiger charge is 2.59. The van der Waals surface area contributed by atoms with Gasteiger partial charge in [0.2, 0.25) is 0 Å². The number of nitrogens with zero attached hydrogens (tertiary/aromatic N) is 4. The number of pyridine rings is 2. The van der Waals surface area contributed by atoms with Crippen molar-refractivity contribution in [2.75, 3.05) is 10.9 Å². The molecule has 2 N–H and O–H groups in total. The number of rotatable bonds is 5. The maximum absolute atomic E-state index is 4.82. The maximum Gasteiger partial charge on any atom is 0.146 e. The van der Waals surface area contributed by atoms with Crippen LogP contribution in [0.5, 0.6) is 0 Å². The molecule has 4 aliphatic rings. The molecule has 0 amide bonds. The molecule has 4 aliphatic carbocycles. The molecular weight excluding hydrogens is 456 g/mol. The molecule has 2 aromatic heterocycles. The van der Waals surface area contributed by atoms with Crippen LogP contribution in [0.25, 0.3) is 0 Å². The Morgan fingerprint density at radius 3 is 2.35 bits per heavy atom. The van der Waals surface area contributed by atoms with Crippen molar-refractivity contribution in [3.05, 3.63) is 60.4 Å². The number of hydrazone groups is 2. The Bertz CT molecular complexity index is 1200. The minimum atomic E-state index is 0.315. The summed E-state index contributed by atoms with van der Waals surface area (Å²) in [4.78, 5) is 8.71. The van der Waals surface area contributed by atoms with E-state index in [2.05, 4.69) is 47.7 Å². The van der Waals surface area contributed by atoms with Gasteiger partial charge in [-0.2, -0.15) is 10.2 Å². The van der Waals surface area contributed by atoms with Crippen molar-refractivity contribution < 1.29 is 0 Å². The minimum absolute atomic E-state index is 0.315. The van der Waals surface area contributed by atoms with Crippen molar-refractivity contribution in [1.82, 2.24) is 9.97 Å². The van der Waals surface area contributed by atoms with Crippen molar-refractivity contribution in [3.63, 3.8) is 0 Å². The summed E-state index contributed by atoms with van der Waals surface area (Å²) in [5.74, 6) is 4.60. The fraction of sp³-hybridized carbons (Fsp3) is 0.548. The first-order valence-corrected chi connectivity index (χ1v) is 14.1. The third kappa shape index (κ3) is 4.38. The third-order valence-electron chi connectivity index (χ3n) is 10.5. The van der Waals surface area contributed by atoms with E-state index < -0.39 is 0 Å². The van der Waals surface area contributed by atoms with E-state index in [4.69, 9.17) is 10.2 Å². The molecule has 2 aromatic rings. The summed E-state index contributed by atoms with van der Waals surface area (Å²) in [5, 5.41) is 9.53. The molecule has 6 atom stereocenters. The second kappa shape index (κ2) is 9.70. The van der Waals surface area contributed by atoms with Crippen LogP contribution in [0.15, 0.2) is 70.6 Å². The molecule has 0 unspecified atom stereocenters. The average molecular weight is 497 g/mol. The number of aromatic nitrogens is 2. The Hall–Kier alpha value is -3.02. The smallest absolute Gasteiger partial charge is 0.146 e. The molecule has 3 saturated carbocycles. The molecule has 0 aliphatic heterocycles. The van der Waals surface area contributed by atoms with Gasteiger partial charge in [0.15, 0.2) is 0 Å². The largest absolute Gasteiger partial charge is 0.261 e. The summed E-state index contributed by atoms with van der Waals surface area (Å²) in [5.41, 5.74) is 11.1. The number of hydrogen-bond acceptors (Lipinski definition) is 6. The lowest BCUT2D eigenvalue weighted by Gasteiger charge is -2.58. The molecule has 0 bridgehead atoms. The Balaban J connectivity index is 1.17. The van der Waals surface area contributed by atoms with Gasteiger partial charge in [-0.3, -0.25) is 10.9 Å². The molecular formula is C31H40N6. The van der Waals surface area contributed by atoms with Crippen LogP contribution in [0, 0.1) is 34.5 Å². The quantitative estimate of drug-likeness (QED) is 0.336. The van der Waals surface area contributed by atoms with Crippen LogP contribution >= 0.6 is 0 Å². The van der Waals surface area contributed by atoms with Crippen LogP contribution < -0.4 is 10.9 Å². The van der Waals surface area contributed by atoms with E-state index in [0.29, 0.717) is 16.7 Å². The SMILES string of the molecule is C/C(=N\Nc1ccccn1)[C@H]1CC[C@H]2[C@@H]3CCC4=C/C(=N/Nc5ccccn5)CC[C@]4(C)[C@H]3CC[C@]12C. The summed E-state index contributed by atoms with van der Waals surface area (Å²) < 4.78 is 0. The van der Waals surface area contributed by atoms with Crippen molar-refractivity contribution in [3.8, 4) is 0 Å². The fourth-order valence-electron chi connectivity index (χ4n) is 8.56. The molecule has 194 valence electrons. The first-order valence-electron chi connectivity index (χ1n) is 14.1. The lowest BCUT2D eigenvalue weighted by Crippen LogP contribution is -2.51. The lowest BCUT2D eigenvalue weighted by atomic mass is 9.46. The van der Waals surface area contributed by atoms with Crippen LogP contribution in [0.3, 0.4) is 0 Å². The van der Waals surface area contributed by atoms with Crippen molar-refractivity contribution in [2.24, 2.45) is 44.7 Å². The zero-order valence-electron chi connectivity index (χ0n) is 22.5. The Labute approximate surface area is 221 Å². The molecule has 6 rings (SSSR count). The van der Waals surface area contributed by atoms with Gasteiger partial charge in [-0.15, -0.1) is 0 Å². The minimum Gasteiger partial charge on any atom is -0.261 e. The van der Waals surface area contributed by atoms with Gasteiger partial charge < -0.3 is 0 Å². The molecule has 0 spiro atoms. The topological polar surface area (TPSA) is 74.6 Å². The van der Waals surface area contributed by atoms with Crippen molar-refractivity contribution in [2.45, 2.75) is 72.1 Å². The predicted molar refractivity (Wildman–Crippen MR) is 151 cm³/mol. The van der Waals surface area contributed by atoms with Crippen molar-refractivity contribution in [1.29, 1.82) is 0 Å². The first kappa shape index (κ1) is 24.3. The highest BCUT2D eigenvalue weighted by atomic mass is 15.3. The van der Waals surface area contributed by atoms with Gasteiger partial charge in [-0.1, -0.05) is 31.6 Å². The fourth-order valence-corrected chi connectivity index (χ4v) is 8.56. The molecule has 0 saturated heterocycles. The monoisotopic (exact) mass is 496 g/mol.